The molecule has 0 spiro atoms. The predicted octanol–water partition coefficient (Wildman–Crippen LogP) is -1.88. The van der Waals surface area contributed by atoms with Gasteiger partial charge in [-0.05, 0) is 10.4 Å². The number of hydrogen-bond acceptors (Lipinski definition) is 2. The van der Waals surface area contributed by atoms with Crippen molar-refractivity contribution < 1.29 is 9.59 Å². The lowest BCUT2D eigenvalue weighted by atomic mass is 10.3. The van der Waals surface area contributed by atoms with Crippen LogP contribution in [0, 0.1) is 0 Å². The van der Waals surface area contributed by atoms with Crippen molar-refractivity contribution >= 4 is 43.9 Å². The first-order valence-electron chi connectivity index (χ1n) is 3.94. The fraction of sp³-hybridized carbons (Fsp3) is 0.250. The maximum absolute atomic E-state index is 9.11. The van der Waals surface area contributed by atoms with Crippen LogP contribution in [0.1, 0.15) is 0 Å². The van der Waals surface area contributed by atoms with Crippen LogP contribution < -0.4 is 15.6 Å². The zero-order valence-corrected chi connectivity index (χ0v) is 10.6. The molecule has 0 heterocycles. The van der Waals surface area contributed by atoms with Crippen molar-refractivity contribution in [3.8, 4) is 0 Å². The molecule has 13 heavy (non-hydrogen) atoms. The molecule has 1 aromatic carbocycles. The minimum absolute atomic E-state index is 0.134. The van der Waals surface area contributed by atoms with Gasteiger partial charge in [-0.1, -0.05) is 36.5 Å². The summed E-state index contributed by atoms with van der Waals surface area (Å²) < 4.78 is 0. The summed E-state index contributed by atoms with van der Waals surface area (Å²) in [6.45, 7) is 4.38. The molecular formula is C8H11O2Si3. The van der Waals surface area contributed by atoms with E-state index in [1.165, 1.54) is 5.19 Å². The van der Waals surface area contributed by atoms with Gasteiger partial charge in [0, 0.05) is 0 Å². The Bertz CT molecular complexity index is 289. The molecule has 0 aromatic heterocycles. The Kier molecular flexibility index (Phi) is 4.07. The summed E-state index contributed by atoms with van der Waals surface area (Å²) in [5, 5.41) is 3.23. The van der Waals surface area contributed by atoms with Crippen molar-refractivity contribution in [3.05, 3.63) is 18.2 Å². The molecule has 2 nitrogen and oxygen atoms in total. The van der Waals surface area contributed by atoms with Crippen LogP contribution >= 0.6 is 0 Å². The third kappa shape index (κ3) is 2.61. The highest BCUT2D eigenvalue weighted by Gasteiger charge is 2.09. The number of hydrogen-bond donors (Lipinski definition) is 2. The first kappa shape index (κ1) is 10.9. The molecule has 0 atom stereocenters. The maximum Gasteiger partial charge on any atom is 0.265 e. The van der Waals surface area contributed by atoms with E-state index in [0.717, 1.165) is 10.4 Å². The molecule has 0 aliphatic carbocycles. The van der Waals surface area contributed by atoms with Gasteiger partial charge in [-0.2, -0.15) is 0 Å². The van der Waals surface area contributed by atoms with Crippen LogP contribution in [0.2, 0.25) is 13.1 Å². The van der Waals surface area contributed by atoms with Gasteiger partial charge in [0.05, 0.1) is 8.80 Å². The first-order chi connectivity index (χ1) is 6.19. The molecule has 1 rings (SSSR count). The summed E-state index contributed by atoms with van der Waals surface area (Å²) in [6.07, 6.45) is 0. The average Bonchev–Trinajstić information content (AvgIpc) is 2.16. The number of rotatable bonds is 3. The van der Waals surface area contributed by atoms with Crippen molar-refractivity contribution in [3.63, 3.8) is 0 Å². The molecule has 0 saturated heterocycles. The Morgan fingerprint density at radius 3 is 2.31 bits per heavy atom. The fourth-order valence-corrected chi connectivity index (χ4v) is 3.97. The SMILES string of the molecule is C[Si](C)c1cc([Si]O)ccc1[Si]O. The first-order valence-corrected chi connectivity index (χ1v) is 8.33. The van der Waals surface area contributed by atoms with Gasteiger partial charge in [0.2, 0.25) is 0 Å². The molecule has 0 aliphatic heterocycles. The minimum Gasteiger partial charge on any atom is -0.428 e. The lowest BCUT2D eigenvalue weighted by Crippen LogP contribution is -2.43. The summed E-state index contributed by atoms with van der Waals surface area (Å²) >= 11 is 0. The molecule has 1 aromatic rings. The van der Waals surface area contributed by atoms with Crippen molar-refractivity contribution in [2.24, 2.45) is 0 Å². The Labute approximate surface area is 85.1 Å². The monoisotopic (exact) mass is 223 g/mol. The third-order valence-corrected chi connectivity index (χ3v) is 4.79. The zero-order valence-electron chi connectivity index (χ0n) is 7.63. The van der Waals surface area contributed by atoms with Crippen LogP contribution in [0.5, 0.6) is 0 Å². The van der Waals surface area contributed by atoms with Crippen molar-refractivity contribution in [1.82, 2.24) is 0 Å². The largest absolute Gasteiger partial charge is 0.428 e. The second-order valence-corrected chi connectivity index (χ2v) is 7.09. The summed E-state index contributed by atoms with van der Waals surface area (Å²) in [4.78, 5) is 18.1. The van der Waals surface area contributed by atoms with Crippen LogP contribution in [0.3, 0.4) is 0 Å². The highest BCUT2D eigenvalue weighted by Crippen LogP contribution is 1.83. The molecule has 67 valence electrons. The highest BCUT2D eigenvalue weighted by molar-refractivity contribution is 6.76. The van der Waals surface area contributed by atoms with Gasteiger partial charge in [0.25, 0.3) is 19.5 Å². The van der Waals surface area contributed by atoms with Crippen LogP contribution in [-0.4, -0.2) is 37.9 Å². The van der Waals surface area contributed by atoms with Crippen molar-refractivity contribution in [2.75, 3.05) is 0 Å². The summed E-state index contributed by atoms with van der Waals surface area (Å²) in [5.74, 6) is 0. The molecule has 0 fully saturated rings. The topological polar surface area (TPSA) is 40.5 Å². The molecule has 0 saturated carbocycles. The Hall–Kier alpha value is -0.209. The lowest BCUT2D eigenvalue weighted by Gasteiger charge is -2.09. The molecule has 0 bridgehead atoms. The normalized spacial score (nSPS) is 10.8. The second-order valence-electron chi connectivity index (χ2n) is 2.98. The Balaban J connectivity index is 3.10. The van der Waals surface area contributed by atoms with Crippen LogP contribution in [-0.2, 0) is 0 Å². The smallest absolute Gasteiger partial charge is 0.265 e. The lowest BCUT2D eigenvalue weighted by molar-refractivity contribution is 0.614. The van der Waals surface area contributed by atoms with Crippen molar-refractivity contribution in [1.29, 1.82) is 0 Å². The highest BCUT2D eigenvalue weighted by atomic mass is 28.3. The summed E-state index contributed by atoms with van der Waals surface area (Å²) in [7, 11) is -0.825. The van der Waals surface area contributed by atoms with E-state index >= 15 is 0 Å². The van der Waals surface area contributed by atoms with Gasteiger partial charge in [0.15, 0.2) is 0 Å². The molecule has 2 N–H and O–H groups in total. The van der Waals surface area contributed by atoms with Crippen LogP contribution in [0.25, 0.3) is 0 Å². The zero-order chi connectivity index (χ0) is 9.84. The van der Waals surface area contributed by atoms with E-state index in [-0.39, 0.29) is 19.5 Å². The standard InChI is InChI=1S/C8H11O2Si3/c1-13(2)8-5-6(11-9)3-4-7(8)12-10/h3-5,9-10H,1-2H3. The molecule has 5 heteroatoms. The minimum atomic E-state index is -0.546. The third-order valence-electron chi connectivity index (χ3n) is 1.81. The van der Waals surface area contributed by atoms with Crippen molar-refractivity contribution in [2.45, 2.75) is 13.1 Å². The van der Waals surface area contributed by atoms with Gasteiger partial charge in [0.1, 0.15) is 0 Å². The predicted molar refractivity (Wildman–Crippen MR) is 58.8 cm³/mol. The molecular weight excluding hydrogens is 212 g/mol. The second kappa shape index (κ2) is 4.87. The quantitative estimate of drug-likeness (QED) is 0.589. The summed E-state index contributed by atoms with van der Waals surface area (Å²) in [5.41, 5.74) is 0. The summed E-state index contributed by atoms with van der Waals surface area (Å²) in [6, 6.07) is 5.82. The van der Waals surface area contributed by atoms with E-state index in [9.17, 15) is 0 Å². The van der Waals surface area contributed by atoms with Crippen LogP contribution in [0.4, 0.5) is 0 Å². The van der Waals surface area contributed by atoms with E-state index in [2.05, 4.69) is 13.1 Å². The van der Waals surface area contributed by atoms with Crippen LogP contribution in [0.15, 0.2) is 18.2 Å². The maximum atomic E-state index is 9.11. The molecule has 5 radical (unpaired) electrons. The molecule has 0 aliphatic rings. The molecule has 0 amide bonds. The van der Waals surface area contributed by atoms with E-state index in [1.54, 1.807) is 0 Å². The van der Waals surface area contributed by atoms with E-state index in [1.807, 2.05) is 18.2 Å². The van der Waals surface area contributed by atoms with E-state index in [4.69, 9.17) is 9.59 Å². The van der Waals surface area contributed by atoms with Gasteiger partial charge in [-0.3, -0.25) is 0 Å². The van der Waals surface area contributed by atoms with Gasteiger partial charge >= 0.3 is 0 Å². The molecule has 0 unspecified atom stereocenters. The fourth-order valence-electron chi connectivity index (χ4n) is 1.12. The van der Waals surface area contributed by atoms with E-state index < -0.39 is 8.80 Å². The van der Waals surface area contributed by atoms with E-state index in [0.29, 0.717) is 0 Å². The Morgan fingerprint density at radius 2 is 1.85 bits per heavy atom. The van der Waals surface area contributed by atoms with Gasteiger partial charge in [-0.15, -0.1) is 0 Å². The average molecular weight is 223 g/mol. The number of benzene rings is 1. The Morgan fingerprint density at radius 1 is 1.15 bits per heavy atom. The van der Waals surface area contributed by atoms with Gasteiger partial charge < -0.3 is 9.59 Å². The van der Waals surface area contributed by atoms with Gasteiger partial charge in [-0.25, -0.2) is 0 Å².